The van der Waals surface area contributed by atoms with Crippen LogP contribution in [0.3, 0.4) is 0 Å². The van der Waals surface area contributed by atoms with Gasteiger partial charge in [0.2, 0.25) is 0 Å². The second-order valence-corrected chi connectivity index (χ2v) is 8.08. The number of furan rings is 1. The molecule has 9 heteroatoms. The van der Waals surface area contributed by atoms with E-state index in [0.29, 0.717) is 22.2 Å². The highest BCUT2D eigenvalue weighted by atomic mass is 32.2. The maximum absolute atomic E-state index is 12.9. The topological polar surface area (TPSA) is 99.9 Å². The second kappa shape index (κ2) is 7.96. The highest BCUT2D eigenvalue weighted by molar-refractivity contribution is 7.99. The first kappa shape index (κ1) is 18.5. The molecule has 3 rings (SSSR count). The monoisotopic (exact) mass is 394 g/mol. The zero-order chi connectivity index (χ0) is 18.7. The molecule has 2 N–H and O–H groups in total. The number of anilines is 1. The van der Waals surface area contributed by atoms with Gasteiger partial charge in [-0.3, -0.25) is 14.4 Å². The van der Waals surface area contributed by atoms with Gasteiger partial charge in [-0.25, -0.2) is 0 Å². The zero-order valence-corrected chi connectivity index (χ0v) is 15.7. The Bertz CT molecular complexity index is 815. The molecule has 0 spiro atoms. The van der Waals surface area contributed by atoms with E-state index in [-0.39, 0.29) is 30.0 Å². The summed E-state index contributed by atoms with van der Waals surface area (Å²) in [5, 5.41) is 12.4. The van der Waals surface area contributed by atoms with Crippen LogP contribution >= 0.6 is 23.1 Å². The number of amides is 2. The molecule has 26 heavy (non-hydrogen) atoms. The van der Waals surface area contributed by atoms with Crippen LogP contribution in [0.5, 0.6) is 0 Å². The van der Waals surface area contributed by atoms with E-state index in [0.717, 1.165) is 11.3 Å². The van der Waals surface area contributed by atoms with Crippen molar-refractivity contribution in [1.82, 2.24) is 4.90 Å². The SMILES string of the molecule is Cc1cc(NC(=O)c2ccco2)sc1C(=O)N1CCSCC1CC(=O)O. The van der Waals surface area contributed by atoms with E-state index in [1.165, 1.54) is 17.6 Å². The molecule has 2 aromatic rings. The standard InChI is InChI=1S/C17H18N2O5S2/c1-10-7-13(18-16(22)12-3-2-5-24-12)26-15(10)17(23)19-4-6-25-9-11(19)8-14(20)21/h2-3,5,7,11H,4,6,8-9H2,1H3,(H,18,22)(H,20,21). The Morgan fingerprint density at radius 2 is 2.23 bits per heavy atom. The highest BCUT2D eigenvalue weighted by Gasteiger charge is 2.31. The largest absolute Gasteiger partial charge is 0.481 e. The van der Waals surface area contributed by atoms with Gasteiger partial charge in [-0.05, 0) is 30.7 Å². The summed E-state index contributed by atoms with van der Waals surface area (Å²) in [5.74, 6) is 0.118. The third-order valence-electron chi connectivity index (χ3n) is 3.99. The van der Waals surface area contributed by atoms with Crippen molar-refractivity contribution in [3.05, 3.63) is 40.7 Å². The first-order chi connectivity index (χ1) is 12.5. The van der Waals surface area contributed by atoms with E-state index in [1.54, 1.807) is 41.8 Å². The van der Waals surface area contributed by atoms with Gasteiger partial charge in [-0.15, -0.1) is 11.3 Å². The first-order valence-corrected chi connectivity index (χ1v) is 9.98. The molecule has 1 atom stereocenters. The van der Waals surface area contributed by atoms with Gasteiger partial charge < -0.3 is 19.7 Å². The molecule has 2 amide bonds. The lowest BCUT2D eigenvalue weighted by Gasteiger charge is -2.34. The summed E-state index contributed by atoms with van der Waals surface area (Å²) in [6, 6.07) is 4.61. The van der Waals surface area contributed by atoms with Gasteiger partial charge in [0.1, 0.15) is 0 Å². The minimum atomic E-state index is -0.912. The molecule has 0 saturated carbocycles. The predicted molar refractivity (Wildman–Crippen MR) is 100 cm³/mol. The Hall–Kier alpha value is -2.26. The number of rotatable bonds is 5. The smallest absolute Gasteiger partial charge is 0.305 e. The number of carbonyl (C=O) groups excluding carboxylic acids is 2. The van der Waals surface area contributed by atoms with Crippen molar-refractivity contribution in [1.29, 1.82) is 0 Å². The lowest BCUT2D eigenvalue weighted by Crippen LogP contribution is -2.47. The average Bonchev–Trinajstić information content (AvgIpc) is 3.24. The predicted octanol–water partition coefficient (Wildman–Crippen LogP) is 2.93. The number of carboxylic acid groups (broad SMARTS) is 1. The molecule has 0 bridgehead atoms. The van der Waals surface area contributed by atoms with Gasteiger partial charge in [-0.1, -0.05) is 0 Å². The Balaban J connectivity index is 1.76. The van der Waals surface area contributed by atoms with E-state index in [2.05, 4.69) is 5.32 Å². The maximum Gasteiger partial charge on any atom is 0.305 e. The van der Waals surface area contributed by atoms with Crippen LogP contribution in [0.4, 0.5) is 5.00 Å². The molecule has 0 radical (unpaired) electrons. The van der Waals surface area contributed by atoms with E-state index in [4.69, 9.17) is 9.52 Å². The van der Waals surface area contributed by atoms with Crippen LogP contribution in [0.15, 0.2) is 28.9 Å². The van der Waals surface area contributed by atoms with Crippen LogP contribution in [0.25, 0.3) is 0 Å². The Kier molecular flexibility index (Phi) is 5.67. The summed E-state index contributed by atoms with van der Waals surface area (Å²) in [6.45, 7) is 2.32. The summed E-state index contributed by atoms with van der Waals surface area (Å²) in [7, 11) is 0. The van der Waals surface area contributed by atoms with Crippen molar-refractivity contribution in [2.24, 2.45) is 0 Å². The number of nitrogens with one attached hydrogen (secondary N) is 1. The molecule has 138 valence electrons. The van der Waals surface area contributed by atoms with Crippen LogP contribution in [0, 0.1) is 6.92 Å². The molecule has 1 saturated heterocycles. The van der Waals surface area contributed by atoms with Gasteiger partial charge >= 0.3 is 5.97 Å². The molecule has 1 unspecified atom stereocenters. The van der Waals surface area contributed by atoms with Crippen molar-refractivity contribution in [2.75, 3.05) is 23.4 Å². The summed E-state index contributed by atoms with van der Waals surface area (Å²) in [5.41, 5.74) is 0.752. The fourth-order valence-corrected chi connectivity index (χ4v) is 4.85. The minimum Gasteiger partial charge on any atom is -0.481 e. The molecule has 0 aliphatic carbocycles. The van der Waals surface area contributed by atoms with Crippen LogP contribution in [-0.4, -0.2) is 51.9 Å². The fraction of sp³-hybridized carbons (Fsp3) is 0.353. The number of thiophene rings is 1. The van der Waals surface area contributed by atoms with E-state index < -0.39 is 5.97 Å². The number of carbonyl (C=O) groups is 3. The van der Waals surface area contributed by atoms with Gasteiger partial charge in [0.05, 0.1) is 28.6 Å². The van der Waals surface area contributed by atoms with Crippen molar-refractivity contribution < 1.29 is 23.9 Å². The number of carboxylic acids is 1. The average molecular weight is 394 g/mol. The van der Waals surface area contributed by atoms with Gasteiger partial charge in [-0.2, -0.15) is 11.8 Å². The van der Waals surface area contributed by atoms with Crippen LogP contribution in [0.1, 0.15) is 32.2 Å². The van der Waals surface area contributed by atoms with Gasteiger partial charge in [0.15, 0.2) is 5.76 Å². The maximum atomic E-state index is 12.9. The molecular formula is C17H18N2O5S2. The molecule has 0 aromatic carbocycles. The van der Waals surface area contributed by atoms with Crippen molar-refractivity contribution in [3.63, 3.8) is 0 Å². The summed E-state index contributed by atoms with van der Waals surface area (Å²) in [4.78, 5) is 38.3. The molecule has 3 heterocycles. The van der Waals surface area contributed by atoms with E-state index in [9.17, 15) is 14.4 Å². The number of hydrogen-bond donors (Lipinski definition) is 2. The lowest BCUT2D eigenvalue weighted by atomic mass is 10.1. The molecule has 1 fully saturated rings. The third kappa shape index (κ3) is 4.10. The second-order valence-electron chi connectivity index (χ2n) is 5.88. The van der Waals surface area contributed by atoms with Crippen LogP contribution in [0.2, 0.25) is 0 Å². The van der Waals surface area contributed by atoms with Gasteiger partial charge in [0.25, 0.3) is 11.8 Å². The molecule has 1 aliphatic heterocycles. The molecule has 2 aromatic heterocycles. The van der Waals surface area contributed by atoms with Crippen molar-refractivity contribution in [3.8, 4) is 0 Å². The number of aliphatic carboxylic acids is 1. The molecule has 1 aliphatic rings. The minimum absolute atomic E-state index is 0.0642. The number of nitrogens with zero attached hydrogens (tertiary/aromatic N) is 1. The lowest BCUT2D eigenvalue weighted by molar-refractivity contribution is -0.138. The molecular weight excluding hydrogens is 376 g/mol. The third-order valence-corrected chi connectivity index (χ3v) is 6.22. The number of aryl methyl sites for hydroxylation is 1. The van der Waals surface area contributed by atoms with Crippen molar-refractivity contribution >= 4 is 45.9 Å². The van der Waals surface area contributed by atoms with E-state index in [1.807, 2.05) is 0 Å². The summed E-state index contributed by atoms with van der Waals surface area (Å²) >= 11 is 2.85. The quantitative estimate of drug-likeness (QED) is 0.809. The summed E-state index contributed by atoms with van der Waals surface area (Å²) < 4.78 is 5.06. The molecule has 7 nitrogen and oxygen atoms in total. The zero-order valence-electron chi connectivity index (χ0n) is 14.1. The normalized spacial score (nSPS) is 17.1. The van der Waals surface area contributed by atoms with Gasteiger partial charge in [0, 0.05) is 18.1 Å². The van der Waals surface area contributed by atoms with Crippen LogP contribution in [-0.2, 0) is 4.79 Å². The van der Waals surface area contributed by atoms with E-state index >= 15 is 0 Å². The highest BCUT2D eigenvalue weighted by Crippen LogP contribution is 2.30. The fourth-order valence-electron chi connectivity index (χ4n) is 2.76. The summed E-state index contributed by atoms with van der Waals surface area (Å²) in [6.07, 6.45) is 1.35. The van der Waals surface area contributed by atoms with Crippen molar-refractivity contribution in [2.45, 2.75) is 19.4 Å². The first-order valence-electron chi connectivity index (χ1n) is 8.01. The number of thioether (sulfide) groups is 1. The Morgan fingerprint density at radius 1 is 1.42 bits per heavy atom. The number of hydrogen-bond acceptors (Lipinski definition) is 6. The Morgan fingerprint density at radius 3 is 2.92 bits per heavy atom. The van der Waals surface area contributed by atoms with Crippen LogP contribution < -0.4 is 5.32 Å². The Labute approximate surface area is 158 Å².